The van der Waals surface area contributed by atoms with Crippen molar-refractivity contribution in [2.75, 3.05) is 5.32 Å². The SMILES string of the molecule is O=C(O)c1cnc2ccc(NC(=O)N3C4CCC3CC(OCc3c(-c5c(Cl)cccc5Cl)noc3C3CC3)C4)cc2c1. The van der Waals surface area contributed by atoms with Crippen LogP contribution in [0.2, 0.25) is 10.0 Å². The number of pyridine rings is 1. The van der Waals surface area contributed by atoms with Crippen molar-refractivity contribution in [3.8, 4) is 11.3 Å². The van der Waals surface area contributed by atoms with Crippen molar-refractivity contribution in [1.29, 1.82) is 0 Å². The van der Waals surface area contributed by atoms with Crippen molar-refractivity contribution in [3.63, 3.8) is 0 Å². The van der Waals surface area contributed by atoms with Gasteiger partial charge in [0.2, 0.25) is 0 Å². The largest absolute Gasteiger partial charge is 0.478 e. The lowest BCUT2D eigenvalue weighted by atomic mass is 9.99. The van der Waals surface area contributed by atoms with Crippen LogP contribution in [0.25, 0.3) is 22.2 Å². The number of benzene rings is 2. The molecule has 9 nitrogen and oxygen atoms in total. The lowest BCUT2D eigenvalue weighted by molar-refractivity contribution is -0.0158. The maximum absolute atomic E-state index is 13.4. The molecule has 2 N–H and O–H groups in total. The first-order chi connectivity index (χ1) is 20.4. The second-order valence-corrected chi connectivity index (χ2v) is 12.1. The third kappa shape index (κ3) is 5.10. The van der Waals surface area contributed by atoms with Gasteiger partial charge in [-0.05, 0) is 74.9 Å². The highest BCUT2D eigenvalue weighted by atomic mass is 35.5. The van der Waals surface area contributed by atoms with Crippen LogP contribution < -0.4 is 5.32 Å². The molecule has 2 atom stereocenters. The number of fused-ring (bicyclic) bond motifs is 3. The number of piperidine rings is 1. The molecule has 1 aliphatic carbocycles. The Bertz CT molecular complexity index is 1670. The highest BCUT2D eigenvalue weighted by Crippen LogP contribution is 2.46. The van der Waals surface area contributed by atoms with Crippen LogP contribution in [0.4, 0.5) is 10.5 Å². The van der Waals surface area contributed by atoms with Gasteiger partial charge in [0.05, 0.1) is 33.8 Å². The molecule has 2 aromatic heterocycles. The summed E-state index contributed by atoms with van der Waals surface area (Å²) in [5.41, 5.74) is 3.55. The van der Waals surface area contributed by atoms with Gasteiger partial charge in [-0.1, -0.05) is 34.4 Å². The molecule has 216 valence electrons. The summed E-state index contributed by atoms with van der Waals surface area (Å²) in [5.74, 6) is 0.147. The van der Waals surface area contributed by atoms with E-state index in [9.17, 15) is 14.7 Å². The van der Waals surface area contributed by atoms with E-state index < -0.39 is 5.97 Å². The molecule has 1 saturated carbocycles. The number of halogens is 2. The first-order valence-corrected chi connectivity index (χ1v) is 14.9. The third-order valence-electron chi connectivity index (χ3n) is 8.53. The maximum atomic E-state index is 13.4. The number of urea groups is 1. The summed E-state index contributed by atoms with van der Waals surface area (Å²) in [6.07, 6.45) is 6.75. The minimum Gasteiger partial charge on any atom is -0.478 e. The number of carboxylic acids is 1. The summed E-state index contributed by atoms with van der Waals surface area (Å²) in [4.78, 5) is 30.9. The number of anilines is 1. The maximum Gasteiger partial charge on any atom is 0.337 e. The number of carbonyl (C=O) groups is 2. The normalized spacial score (nSPS) is 21.6. The van der Waals surface area contributed by atoms with Crippen molar-refractivity contribution in [3.05, 3.63) is 75.6 Å². The van der Waals surface area contributed by atoms with Crippen molar-refractivity contribution in [2.45, 2.75) is 69.2 Å². The highest BCUT2D eigenvalue weighted by molar-refractivity contribution is 6.39. The van der Waals surface area contributed by atoms with Crippen LogP contribution in [0, 0.1) is 0 Å². The Balaban J connectivity index is 1.04. The van der Waals surface area contributed by atoms with Crippen LogP contribution in [0.5, 0.6) is 0 Å². The zero-order valence-electron chi connectivity index (χ0n) is 22.6. The number of nitrogens with zero attached hydrogens (tertiary/aromatic N) is 3. The average molecular weight is 607 g/mol. The van der Waals surface area contributed by atoms with Gasteiger partial charge in [0.25, 0.3) is 0 Å². The lowest BCUT2D eigenvalue weighted by Crippen LogP contribution is -2.50. The van der Waals surface area contributed by atoms with E-state index in [-0.39, 0.29) is 29.8 Å². The monoisotopic (exact) mass is 606 g/mol. The number of nitrogens with one attached hydrogen (secondary N) is 1. The number of hydrogen-bond acceptors (Lipinski definition) is 6. The predicted molar refractivity (Wildman–Crippen MR) is 158 cm³/mol. The van der Waals surface area contributed by atoms with Gasteiger partial charge in [-0.2, -0.15) is 0 Å². The molecular weight excluding hydrogens is 579 g/mol. The summed E-state index contributed by atoms with van der Waals surface area (Å²) >= 11 is 13.0. The van der Waals surface area contributed by atoms with E-state index >= 15 is 0 Å². The van der Waals surface area contributed by atoms with Crippen LogP contribution >= 0.6 is 23.2 Å². The molecule has 2 aliphatic heterocycles. The molecule has 3 fully saturated rings. The molecule has 11 heteroatoms. The number of carbonyl (C=O) groups excluding carboxylic acids is 1. The van der Waals surface area contributed by atoms with Crippen LogP contribution in [0.15, 0.2) is 53.2 Å². The number of ether oxygens (including phenoxy) is 1. The van der Waals surface area contributed by atoms with Gasteiger partial charge in [-0.3, -0.25) is 4.98 Å². The molecular formula is C31H28Cl2N4O5. The van der Waals surface area contributed by atoms with Crippen LogP contribution in [-0.4, -0.2) is 50.3 Å². The summed E-state index contributed by atoms with van der Waals surface area (Å²) < 4.78 is 12.3. The number of hydrogen-bond donors (Lipinski definition) is 2. The fraction of sp³-hybridized carbons (Fsp3) is 0.355. The minimum atomic E-state index is -1.04. The molecule has 42 heavy (non-hydrogen) atoms. The van der Waals surface area contributed by atoms with Crippen molar-refractivity contribution in [1.82, 2.24) is 15.0 Å². The first-order valence-electron chi connectivity index (χ1n) is 14.1. The topological polar surface area (TPSA) is 118 Å². The Kier molecular flexibility index (Phi) is 7.04. The number of rotatable bonds is 7. The minimum absolute atomic E-state index is 0.00995. The van der Waals surface area contributed by atoms with E-state index in [1.807, 2.05) is 4.90 Å². The number of carboxylic acid groups (broad SMARTS) is 1. The van der Waals surface area contributed by atoms with Gasteiger partial charge >= 0.3 is 12.0 Å². The molecule has 4 aromatic rings. The first kappa shape index (κ1) is 27.2. The van der Waals surface area contributed by atoms with Crippen molar-refractivity contribution in [2.24, 2.45) is 0 Å². The van der Waals surface area contributed by atoms with Crippen molar-refractivity contribution < 1.29 is 24.0 Å². The lowest BCUT2D eigenvalue weighted by Gasteiger charge is -2.38. The predicted octanol–water partition coefficient (Wildman–Crippen LogP) is 7.52. The summed E-state index contributed by atoms with van der Waals surface area (Å²) in [5, 5.41) is 18.3. The molecule has 4 heterocycles. The zero-order chi connectivity index (χ0) is 29.0. The molecule has 2 saturated heterocycles. The number of amides is 2. The zero-order valence-corrected chi connectivity index (χ0v) is 24.1. The molecule has 0 radical (unpaired) electrons. The molecule has 2 aromatic carbocycles. The van der Waals surface area contributed by atoms with E-state index in [0.29, 0.717) is 50.4 Å². The van der Waals surface area contributed by atoms with Crippen molar-refractivity contribution >= 4 is 51.8 Å². The van der Waals surface area contributed by atoms with Gasteiger partial charge in [0.15, 0.2) is 0 Å². The van der Waals surface area contributed by atoms with Gasteiger partial charge < -0.3 is 24.6 Å². The molecule has 7 rings (SSSR count). The Hall–Kier alpha value is -3.66. The fourth-order valence-electron chi connectivity index (χ4n) is 6.36. The molecule has 2 amide bonds. The third-order valence-corrected chi connectivity index (χ3v) is 9.16. The van der Waals surface area contributed by atoms with Gasteiger partial charge in [-0.25, -0.2) is 9.59 Å². The molecule has 2 bridgehead atoms. The van der Waals surface area contributed by atoms with E-state index in [4.69, 9.17) is 32.5 Å². The summed E-state index contributed by atoms with van der Waals surface area (Å²) in [7, 11) is 0. The number of aromatic carboxylic acids is 1. The quantitative estimate of drug-likeness (QED) is 0.223. The number of aromatic nitrogens is 2. The Morgan fingerprint density at radius 3 is 2.48 bits per heavy atom. The second kappa shape index (κ2) is 10.9. The Labute approximate surface area is 251 Å². The van der Waals surface area contributed by atoms with Crippen LogP contribution in [-0.2, 0) is 11.3 Å². The van der Waals surface area contributed by atoms with Crippen LogP contribution in [0.3, 0.4) is 0 Å². The van der Waals surface area contributed by atoms with Crippen LogP contribution in [0.1, 0.15) is 66.1 Å². The molecule has 2 unspecified atom stereocenters. The molecule has 3 aliphatic rings. The van der Waals surface area contributed by atoms with E-state index in [1.165, 1.54) is 6.20 Å². The highest BCUT2D eigenvalue weighted by Gasteiger charge is 2.44. The Morgan fingerprint density at radius 2 is 1.79 bits per heavy atom. The Morgan fingerprint density at radius 1 is 1.05 bits per heavy atom. The van der Waals surface area contributed by atoms with Gasteiger partial charge in [0, 0.05) is 46.4 Å². The van der Waals surface area contributed by atoms with Gasteiger partial charge in [0.1, 0.15) is 11.5 Å². The smallest absolute Gasteiger partial charge is 0.337 e. The summed E-state index contributed by atoms with van der Waals surface area (Å²) in [6.45, 7) is 0.339. The summed E-state index contributed by atoms with van der Waals surface area (Å²) in [6, 6.07) is 12.2. The standard InChI is InChI=1S/C31H28Cl2N4O5/c32-24-2-1-3-25(33)27(24)28-23(29(42-36-28)16-4-5-16)15-41-22-12-20-7-8-21(13-22)37(20)31(40)35-19-6-9-26-17(11-19)10-18(14-34-26)30(38)39/h1-3,6,9-11,14,16,20-22H,4-5,7-8,12-13,15H2,(H,35,40)(H,38,39). The fourth-order valence-corrected chi connectivity index (χ4v) is 6.93. The van der Waals surface area contributed by atoms with E-state index in [2.05, 4.69) is 15.5 Å². The second-order valence-electron chi connectivity index (χ2n) is 11.3. The van der Waals surface area contributed by atoms with E-state index in [1.54, 1.807) is 42.5 Å². The average Bonchev–Trinajstić information content (AvgIpc) is 3.67. The molecule has 0 spiro atoms. The van der Waals surface area contributed by atoms with E-state index in [0.717, 1.165) is 49.8 Å². The van der Waals surface area contributed by atoms with Gasteiger partial charge in [-0.15, -0.1) is 0 Å².